The van der Waals surface area contributed by atoms with Crippen molar-refractivity contribution in [1.29, 1.82) is 5.26 Å². The lowest BCUT2D eigenvalue weighted by atomic mass is 9.35. The highest BCUT2D eigenvalue weighted by molar-refractivity contribution is 7.98. The standard InChI is InChI=1S/C33H46N2O2S/c1-28(2)12-14-33(35-38-21-8-9-21)15-13-32(7)26(22(33)18-28)23(36)16-25-30(5)17-20(19-34)27(37)29(3,4)24(30)10-11-31(25,32)6/h16-17,21-22,24,26,35H,8-15,18H2,1-7H3/t22-,24+,26?,30+,31-,32-,33+/m1/s1. The molecule has 6 aliphatic rings. The van der Waals surface area contributed by atoms with Gasteiger partial charge < -0.3 is 0 Å². The first-order valence-electron chi connectivity index (χ1n) is 15.0. The number of Topliss-reactive ketones (excluding diaryl/α,β-unsaturated/α-hetero) is 1. The van der Waals surface area contributed by atoms with Crippen LogP contribution < -0.4 is 4.72 Å². The van der Waals surface area contributed by atoms with Gasteiger partial charge in [-0.25, -0.2) is 0 Å². The molecular weight excluding hydrogens is 488 g/mol. The molecule has 5 heteroatoms. The highest BCUT2D eigenvalue weighted by Gasteiger charge is 2.69. The molecular formula is C33H46N2O2S. The molecule has 0 bridgehead atoms. The van der Waals surface area contributed by atoms with Crippen molar-refractivity contribution in [3.63, 3.8) is 0 Å². The van der Waals surface area contributed by atoms with Crippen LogP contribution in [0.25, 0.3) is 0 Å². The van der Waals surface area contributed by atoms with Crippen molar-refractivity contribution in [3.05, 3.63) is 23.3 Å². The van der Waals surface area contributed by atoms with Gasteiger partial charge in [0, 0.05) is 27.5 Å². The molecule has 6 aliphatic carbocycles. The van der Waals surface area contributed by atoms with Crippen molar-refractivity contribution in [1.82, 2.24) is 4.72 Å². The van der Waals surface area contributed by atoms with Gasteiger partial charge in [-0.15, -0.1) is 0 Å². The lowest BCUT2D eigenvalue weighted by molar-refractivity contribution is -0.159. The van der Waals surface area contributed by atoms with Crippen molar-refractivity contribution in [3.8, 4) is 6.07 Å². The molecule has 0 spiro atoms. The Morgan fingerprint density at radius 3 is 2.29 bits per heavy atom. The molecule has 1 N–H and O–H groups in total. The summed E-state index contributed by atoms with van der Waals surface area (Å²) >= 11 is 1.96. The van der Waals surface area contributed by atoms with E-state index in [1.165, 1.54) is 24.8 Å². The molecule has 1 unspecified atom stereocenters. The number of fused-ring (bicyclic) bond motifs is 7. The Balaban J connectivity index is 1.48. The molecule has 6 rings (SSSR count). The summed E-state index contributed by atoms with van der Waals surface area (Å²) in [7, 11) is 0. The largest absolute Gasteiger partial charge is 0.295 e. The normalized spacial score (nSPS) is 46.9. The molecule has 0 aromatic rings. The highest BCUT2D eigenvalue weighted by Crippen LogP contribution is 2.73. The Morgan fingerprint density at radius 2 is 1.63 bits per heavy atom. The van der Waals surface area contributed by atoms with Crippen LogP contribution in [0, 0.1) is 56.2 Å². The maximum atomic E-state index is 14.5. The monoisotopic (exact) mass is 534 g/mol. The van der Waals surface area contributed by atoms with Gasteiger partial charge in [-0.05, 0) is 91.9 Å². The predicted octanol–water partition coefficient (Wildman–Crippen LogP) is 7.36. The van der Waals surface area contributed by atoms with Gasteiger partial charge in [-0.1, -0.05) is 72.1 Å². The lowest BCUT2D eigenvalue weighted by Gasteiger charge is -2.69. The van der Waals surface area contributed by atoms with E-state index in [9.17, 15) is 14.9 Å². The van der Waals surface area contributed by atoms with Gasteiger partial charge in [0.25, 0.3) is 0 Å². The quantitative estimate of drug-likeness (QED) is 0.383. The minimum Gasteiger partial charge on any atom is -0.295 e. The average molecular weight is 535 g/mol. The second-order valence-corrected chi connectivity index (χ2v) is 16.9. The summed E-state index contributed by atoms with van der Waals surface area (Å²) in [5.74, 6) is 0.699. The minimum absolute atomic E-state index is 0.00896. The highest BCUT2D eigenvalue weighted by atomic mass is 32.2. The number of nitrogens with zero attached hydrogens (tertiary/aromatic N) is 1. The number of rotatable bonds is 3. The van der Waals surface area contributed by atoms with Crippen molar-refractivity contribution in [2.24, 2.45) is 44.8 Å². The van der Waals surface area contributed by atoms with Crippen LogP contribution in [-0.4, -0.2) is 22.4 Å². The number of carbonyl (C=O) groups is 2. The van der Waals surface area contributed by atoms with Gasteiger partial charge in [-0.3, -0.25) is 14.3 Å². The zero-order valence-electron chi connectivity index (χ0n) is 24.5. The number of hydrogen-bond donors (Lipinski definition) is 1. The summed E-state index contributed by atoms with van der Waals surface area (Å²) in [6.45, 7) is 15.9. The molecule has 4 saturated carbocycles. The summed E-state index contributed by atoms with van der Waals surface area (Å²) in [4.78, 5) is 27.8. The van der Waals surface area contributed by atoms with E-state index in [0.29, 0.717) is 11.7 Å². The number of ketones is 2. The van der Waals surface area contributed by atoms with E-state index in [-0.39, 0.29) is 45.0 Å². The second-order valence-electron chi connectivity index (χ2n) is 15.8. The van der Waals surface area contributed by atoms with Crippen LogP contribution in [0.5, 0.6) is 0 Å². The van der Waals surface area contributed by atoms with Gasteiger partial charge in [-0.2, -0.15) is 5.26 Å². The molecule has 0 heterocycles. The summed E-state index contributed by atoms with van der Waals surface area (Å²) in [6.07, 6.45) is 14.2. The predicted molar refractivity (Wildman–Crippen MR) is 153 cm³/mol. The molecule has 7 atom stereocenters. The zero-order chi connectivity index (χ0) is 27.5. The van der Waals surface area contributed by atoms with E-state index in [4.69, 9.17) is 0 Å². The number of nitrogens with one attached hydrogen (secondary N) is 1. The maximum absolute atomic E-state index is 14.5. The fraction of sp³-hybridized carbons (Fsp3) is 0.788. The molecule has 0 aromatic heterocycles. The van der Waals surface area contributed by atoms with E-state index in [1.54, 1.807) is 0 Å². The third-order valence-electron chi connectivity index (χ3n) is 12.8. The Bertz CT molecular complexity index is 1200. The number of hydrogen-bond acceptors (Lipinski definition) is 5. The number of allylic oxidation sites excluding steroid dienone is 4. The van der Waals surface area contributed by atoms with Crippen LogP contribution in [-0.2, 0) is 9.59 Å². The Labute approximate surface area is 234 Å². The Morgan fingerprint density at radius 1 is 0.947 bits per heavy atom. The third kappa shape index (κ3) is 3.44. The Kier molecular flexibility index (Phi) is 5.71. The van der Waals surface area contributed by atoms with Crippen LogP contribution in [0.4, 0.5) is 0 Å². The Hall–Kier alpha value is -1.38. The minimum atomic E-state index is -0.614. The van der Waals surface area contributed by atoms with Crippen LogP contribution >= 0.6 is 11.9 Å². The van der Waals surface area contributed by atoms with E-state index < -0.39 is 10.8 Å². The SMILES string of the molecule is CC1(C)CC[C@]2(NSC3CC3)CC[C@]3(C)C(C(=O)C=C4[C@@]5(C)C=C(C#N)C(=O)C(C)(C)[C@@H]5CC[C@]43C)[C@H]2C1. The fourth-order valence-corrected chi connectivity index (χ4v) is 11.3. The molecule has 0 aromatic carbocycles. The first kappa shape index (κ1) is 26.8. The molecule has 4 fully saturated rings. The molecule has 0 saturated heterocycles. The molecule has 0 amide bonds. The van der Waals surface area contributed by atoms with Crippen molar-refractivity contribution >= 4 is 23.5 Å². The summed E-state index contributed by atoms with van der Waals surface area (Å²) in [5.41, 5.74) is 0.404. The molecule has 38 heavy (non-hydrogen) atoms. The van der Waals surface area contributed by atoms with E-state index >= 15 is 0 Å². The smallest absolute Gasteiger partial charge is 0.178 e. The second kappa shape index (κ2) is 8.10. The molecule has 4 nitrogen and oxygen atoms in total. The fourth-order valence-electron chi connectivity index (χ4n) is 10.2. The van der Waals surface area contributed by atoms with E-state index in [2.05, 4.69) is 45.4 Å². The van der Waals surface area contributed by atoms with Gasteiger partial charge in [0.2, 0.25) is 0 Å². The van der Waals surface area contributed by atoms with Gasteiger partial charge >= 0.3 is 0 Å². The lowest BCUT2D eigenvalue weighted by Crippen LogP contribution is -2.68. The molecule has 206 valence electrons. The van der Waals surface area contributed by atoms with E-state index in [0.717, 1.165) is 43.8 Å². The zero-order valence-corrected chi connectivity index (χ0v) is 25.3. The van der Waals surface area contributed by atoms with Crippen molar-refractivity contribution in [2.75, 3.05) is 0 Å². The van der Waals surface area contributed by atoms with Crippen LogP contribution in [0.2, 0.25) is 0 Å². The van der Waals surface area contributed by atoms with Crippen LogP contribution in [0.15, 0.2) is 23.3 Å². The third-order valence-corrected chi connectivity index (χ3v) is 14.1. The van der Waals surface area contributed by atoms with E-state index in [1.807, 2.05) is 37.9 Å². The van der Waals surface area contributed by atoms with Crippen LogP contribution in [0.1, 0.15) is 106 Å². The van der Waals surface area contributed by atoms with Crippen molar-refractivity contribution in [2.45, 2.75) is 117 Å². The maximum Gasteiger partial charge on any atom is 0.178 e. The first-order valence-corrected chi connectivity index (χ1v) is 15.9. The number of carbonyl (C=O) groups excluding carboxylic acids is 2. The van der Waals surface area contributed by atoms with Gasteiger partial charge in [0.15, 0.2) is 11.6 Å². The van der Waals surface area contributed by atoms with Gasteiger partial charge in [0.1, 0.15) is 6.07 Å². The van der Waals surface area contributed by atoms with Gasteiger partial charge in [0.05, 0.1) is 5.57 Å². The molecule has 0 aliphatic heterocycles. The summed E-state index contributed by atoms with van der Waals surface area (Å²) < 4.78 is 4.03. The number of nitriles is 1. The average Bonchev–Trinajstić information content (AvgIpc) is 3.67. The van der Waals surface area contributed by atoms with Crippen molar-refractivity contribution < 1.29 is 9.59 Å². The summed E-state index contributed by atoms with van der Waals surface area (Å²) in [5, 5.41) is 10.7. The topological polar surface area (TPSA) is 70.0 Å². The van der Waals surface area contributed by atoms with Crippen LogP contribution in [0.3, 0.4) is 0 Å². The first-order chi connectivity index (χ1) is 17.6. The summed E-state index contributed by atoms with van der Waals surface area (Å²) in [6, 6.07) is 2.22. The molecule has 0 radical (unpaired) electrons.